The molecule has 0 spiro atoms. The third-order valence-electron chi connectivity index (χ3n) is 8.16. The molecule has 0 aliphatic rings. The average Bonchev–Trinajstić information content (AvgIpc) is 2.93. The molecule has 0 aliphatic carbocycles. The Morgan fingerprint density at radius 1 is 0.400 bits per heavy atom. The van der Waals surface area contributed by atoms with E-state index in [4.69, 9.17) is 5.11 Å². The molecule has 1 unspecified atom stereocenters. The molecule has 0 aromatic heterocycles. The van der Waals surface area contributed by atoms with E-state index in [0.29, 0.717) is 6.42 Å². The van der Waals surface area contributed by atoms with E-state index in [1.54, 1.807) is 0 Å². The van der Waals surface area contributed by atoms with Crippen molar-refractivity contribution in [1.82, 2.24) is 0 Å². The zero-order valence-electron chi connectivity index (χ0n) is 27.5. The molecule has 0 amide bonds. The number of unbranched alkanes of at least 4 members (excludes halogenated alkanes) is 24. The first-order chi connectivity index (χ1) is 19.5. The zero-order valence-corrected chi connectivity index (χ0v) is 27.5. The van der Waals surface area contributed by atoms with Crippen molar-refractivity contribution in [3.8, 4) is 0 Å². The van der Waals surface area contributed by atoms with E-state index in [9.17, 15) is 14.7 Å². The van der Waals surface area contributed by atoms with E-state index in [1.165, 1.54) is 148 Å². The molecular formula is C36H72O4. The van der Waals surface area contributed by atoms with Crippen molar-refractivity contribution in [2.45, 2.75) is 213 Å². The predicted molar refractivity (Wildman–Crippen MR) is 174 cm³/mol. The summed E-state index contributed by atoms with van der Waals surface area (Å²) in [7, 11) is 0. The minimum Gasteiger partial charge on any atom is -0.481 e. The SMILES string of the molecule is CCCCCCCCCC(CCCCCCC)C(=O)O.CCCCCCCCCCCCCCCCCC(=O)O. The van der Waals surface area contributed by atoms with Crippen LogP contribution in [0.15, 0.2) is 0 Å². The summed E-state index contributed by atoms with van der Waals surface area (Å²) in [6.07, 6.45) is 37.0. The second-order valence-electron chi connectivity index (χ2n) is 12.2. The Bertz CT molecular complexity index is 505. The van der Waals surface area contributed by atoms with Crippen LogP contribution in [0.5, 0.6) is 0 Å². The van der Waals surface area contributed by atoms with Crippen molar-refractivity contribution in [3.05, 3.63) is 0 Å². The van der Waals surface area contributed by atoms with E-state index in [2.05, 4.69) is 20.8 Å². The van der Waals surface area contributed by atoms with Crippen LogP contribution in [0.25, 0.3) is 0 Å². The Morgan fingerprint density at radius 2 is 0.650 bits per heavy atom. The standard InChI is InChI=1S/2C18H36O2/c1-3-5-7-9-10-12-14-16-17(18(19)20)15-13-11-8-6-4-2;1-2-3-4-5-6-7-8-9-10-11-12-13-14-15-16-17-18(19)20/h17H,3-16H2,1-2H3,(H,19,20);2-17H2,1H3,(H,19,20). The molecule has 4 heteroatoms. The maximum absolute atomic E-state index is 11.2. The summed E-state index contributed by atoms with van der Waals surface area (Å²) in [6.45, 7) is 6.71. The minimum absolute atomic E-state index is 0.0905. The zero-order chi connectivity index (χ0) is 29.9. The van der Waals surface area contributed by atoms with Gasteiger partial charge in [0.2, 0.25) is 0 Å². The number of aliphatic carboxylic acids is 2. The highest BCUT2D eigenvalue weighted by Crippen LogP contribution is 2.19. The Hall–Kier alpha value is -1.06. The van der Waals surface area contributed by atoms with Crippen LogP contribution in [0.3, 0.4) is 0 Å². The van der Waals surface area contributed by atoms with Gasteiger partial charge >= 0.3 is 11.9 Å². The van der Waals surface area contributed by atoms with Gasteiger partial charge in [-0.2, -0.15) is 0 Å². The van der Waals surface area contributed by atoms with E-state index in [-0.39, 0.29) is 5.92 Å². The summed E-state index contributed by atoms with van der Waals surface area (Å²) >= 11 is 0. The van der Waals surface area contributed by atoms with E-state index < -0.39 is 11.9 Å². The quantitative estimate of drug-likeness (QED) is 0.0815. The minimum atomic E-state index is -0.653. The van der Waals surface area contributed by atoms with Gasteiger partial charge in [-0.15, -0.1) is 0 Å². The van der Waals surface area contributed by atoms with Gasteiger partial charge in [0.25, 0.3) is 0 Å². The highest BCUT2D eigenvalue weighted by Gasteiger charge is 2.16. The fourth-order valence-corrected chi connectivity index (χ4v) is 5.38. The van der Waals surface area contributed by atoms with Gasteiger partial charge in [0.05, 0.1) is 5.92 Å². The largest absolute Gasteiger partial charge is 0.481 e. The van der Waals surface area contributed by atoms with Crippen molar-refractivity contribution in [2.24, 2.45) is 5.92 Å². The Kier molecular flexibility index (Phi) is 36.9. The monoisotopic (exact) mass is 569 g/mol. The van der Waals surface area contributed by atoms with E-state index in [0.717, 1.165) is 38.5 Å². The van der Waals surface area contributed by atoms with E-state index in [1.807, 2.05) is 0 Å². The lowest BCUT2D eigenvalue weighted by atomic mass is 9.94. The van der Waals surface area contributed by atoms with Crippen molar-refractivity contribution in [1.29, 1.82) is 0 Å². The molecule has 0 saturated heterocycles. The van der Waals surface area contributed by atoms with Gasteiger partial charge in [0.15, 0.2) is 0 Å². The summed E-state index contributed by atoms with van der Waals surface area (Å²) in [4.78, 5) is 21.6. The lowest BCUT2D eigenvalue weighted by Crippen LogP contribution is -2.13. The third-order valence-corrected chi connectivity index (χ3v) is 8.16. The second kappa shape index (κ2) is 36.0. The van der Waals surface area contributed by atoms with Crippen LogP contribution in [0, 0.1) is 5.92 Å². The first-order valence-corrected chi connectivity index (χ1v) is 17.9. The highest BCUT2D eigenvalue weighted by atomic mass is 16.4. The second-order valence-corrected chi connectivity index (χ2v) is 12.2. The predicted octanol–water partition coefficient (Wildman–Crippen LogP) is 12.5. The van der Waals surface area contributed by atoms with Gasteiger partial charge in [-0.25, -0.2) is 0 Å². The van der Waals surface area contributed by atoms with Gasteiger partial charge in [0, 0.05) is 6.42 Å². The van der Waals surface area contributed by atoms with Gasteiger partial charge in [-0.3, -0.25) is 9.59 Å². The van der Waals surface area contributed by atoms with Crippen molar-refractivity contribution >= 4 is 11.9 Å². The molecule has 0 aliphatic heterocycles. The Balaban J connectivity index is 0. The number of carbonyl (C=O) groups is 2. The lowest BCUT2D eigenvalue weighted by molar-refractivity contribution is -0.142. The maximum atomic E-state index is 11.2. The van der Waals surface area contributed by atoms with Gasteiger partial charge < -0.3 is 10.2 Å². The fraction of sp³-hybridized carbons (Fsp3) is 0.944. The first-order valence-electron chi connectivity index (χ1n) is 17.9. The first kappa shape index (κ1) is 41.1. The summed E-state index contributed by atoms with van der Waals surface area (Å²) in [5.74, 6) is -1.32. The van der Waals surface area contributed by atoms with Crippen LogP contribution in [0.4, 0.5) is 0 Å². The number of hydrogen-bond donors (Lipinski definition) is 2. The Labute approximate surface area is 250 Å². The highest BCUT2D eigenvalue weighted by molar-refractivity contribution is 5.69. The number of hydrogen-bond acceptors (Lipinski definition) is 2. The molecule has 4 nitrogen and oxygen atoms in total. The van der Waals surface area contributed by atoms with Crippen LogP contribution in [-0.2, 0) is 9.59 Å². The molecular weight excluding hydrogens is 496 g/mol. The summed E-state index contributed by atoms with van der Waals surface area (Å²) in [5, 5.41) is 17.8. The van der Waals surface area contributed by atoms with Crippen molar-refractivity contribution in [2.75, 3.05) is 0 Å². The summed E-state index contributed by atoms with van der Waals surface area (Å²) < 4.78 is 0. The molecule has 0 radical (unpaired) electrons. The van der Waals surface area contributed by atoms with Gasteiger partial charge in [-0.05, 0) is 19.3 Å². The van der Waals surface area contributed by atoms with E-state index >= 15 is 0 Å². The lowest BCUT2D eigenvalue weighted by Gasteiger charge is -2.12. The molecule has 0 aromatic rings. The molecule has 0 rings (SSSR count). The maximum Gasteiger partial charge on any atom is 0.306 e. The van der Waals surface area contributed by atoms with Crippen LogP contribution < -0.4 is 0 Å². The number of carboxylic acid groups (broad SMARTS) is 2. The topological polar surface area (TPSA) is 74.6 Å². The van der Waals surface area contributed by atoms with Crippen LogP contribution in [0.1, 0.15) is 213 Å². The Morgan fingerprint density at radius 3 is 0.900 bits per heavy atom. The third kappa shape index (κ3) is 36.9. The average molecular weight is 569 g/mol. The van der Waals surface area contributed by atoms with Crippen LogP contribution in [-0.4, -0.2) is 22.2 Å². The smallest absolute Gasteiger partial charge is 0.306 e. The van der Waals surface area contributed by atoms with Crippen LogP contribution >= 0.6 is 0 Å². The van der Waals surface area contributed by atoms with Crippen molar-refractivity contribution < 1.29 is 19.8 Å². The fourth-order valence-electron chi connectivity index (χ4n) is 5.38. The molecule has 0 saturated carbocycles. The molecule has 0 bridgehead atoms. The van der Waals surface area contributed by atoms with Crippen LogP contribution in [0.2, 0.25) is 0 Å². The van der Waals surface area contributed by atoms with Crippen molar-refractivity contribution in [3.63, 3.8) is 0 Å². The molecule has 0 fully saturated rings. The summed E-state index contributed by atoms with van der Waals surface area (Å²) in [6, 6.07) is 0. The van der Waals surface area contributed by atoms with Gasteiger partial charge in [0.1, 0.15) is 0 Å². The molecule has 40 heavy (non-hydrogen) atoms. The molecule has 240 valence electrons. The molecule has 2 N–H and O–H groups in total. The number of rotatable bonds is 31. The molecule has 1 atom stereocenters. The normalized spacial score (nSPS) is 11.7. The molecule has 0 aromatic carbocycles. The number of carboxylic acids is 2. The summed E-state index contributed by atoms with van der Waals surface area (Å²) in [5.41, 5.74) is 0. The molecule has 0 heterocycles. The van der Waals surface area contributed by atoms with Gasteiger partial charge in [-0.1, -0.05) is 188 Å².